The van der Waals surface area contributed by atoms with E-state index in [1.165, 1.54) is 4.90 Å². The number of nitrogens with zero attached hydrogens (tertiary/aromatic N) is 1. The van der Waals surface area contributed by atoms with E-state index >= 15 is 0 Å². The fraction of sp³-hybridized carbons (Fsp3) is 0.529. The minimum absolute atomic E-state index is 0.0982. The second-order valence-corrected chi connectivity index (χ2v) is 6.89. The number of ether oxygens (including phenoxy) is 2. The summed E-state index contributed by atoms with van der Waals surface area (Å²) < 4.78 is 10.9. The number of fused-ring (bicyclic) bond motifs is 2. The molecule has 0 spiro atoms. The Morgan fingerprint density at radius 2 is 1.55 bits per heavy atom. The van der Waals surface area contributed by atoms with Gasteiger partial charge in [-0.2, -0.15) is 0 Å². The Bertz CT molecular complexity index is 636. The normalized spacial score (nSPS) is 39.5. The van der Waals surface area contributed by atoms with Crippen molar-refractivity contribution in [3.63, 3.8) is 0 Å². The van der Waals surface area contributed by atoms with Crippen molar-refractivity contribution in [2.45, 2.75) is 37.9 Å². The molecule has 1 aromatic carbocycles. The summed E-state index contributed by atoms with van der Waals surface area (Å²) in [4.78, 5) is 26.8. The minimum atomic E-state index is -0.254. The average Bonchev–Trinajstić information content (AvgIpc) is 3.00. The molecule has 4 rings (SSSR count). The Labute approximate surface area is 129 Å². The van der Waals surface area contributed by atoms with E-state index in [0.717, 1.165) is 0 Å². The first-order valence-corrected chi connectivity index (χ1v) is 7.61. The average molecular weight is 301 g/mol. The van der Waals surface area contributed by atoms with Crippen molar-refractivity contribution in [1.29, 1.82) is 0 Å². The molecule has 1 aliphatic carbocycles. The maximum absolute atomic E-state index is 12.7. The summed E-state index contributed by atoms with van der Waals surface area (Å²) in [7, 11) is 1.59. The summed E-state index contributed by atoms with van der Waals surface area (Å²) in [6, 6.07) is 7.04. The smallest absolute Gasteiger partial charge is 0.237 e. The summed E-state index contributed by atoms with van der Waals surface area (Å²) in [6.07, 6.45) is 1.26. The zero-order valence-electron chi connectivity index (χ0n) is 13.0. The van der Waals surface area contributed by atoms with Gasteiger partial charge in [0.2, 0.25) is 11.8 Å². The number of carbonyl (C=O) groups excluding carboxylic acids is 2. The molecular weight excluding hydrogens is 282 g/mol. The van der Waals surface area contributed by atoms with Crippen LogP contribution in [0.15, 0.2) is 24.3 Å². The zero-order valence-corrected chi connectivity index (χ0v) is 13.0. The van der Waals surface area contributed by atoms with E-state index < -0.39 is 0 Å². The van der Waals surface area contributed by atoms with E-state index in [4.69, 9.17) is 9.47 Å². The topological polar surface area (TPSA) is 59.1 Å². The van der Waals surface area contributed by atoms with Crippen LogP contribution in [0.5, 0.6) is 5.75 Å². The van der Waals surface area contributed by atoms with Crippen molar-refractivity contribution >= 4 is 17.5 Å². The Morgan fingerprint density at radius 3 is 2.00 bits per heavy atom. The molecule has 1 aromatic rings. The first-order valence-electron chi connectivity index (χ1n) is 7.61. The highest BCUT2D eigenvalue weighted by Gasteiger charge is 2.71. The van der Waals surface area contributed by atoms with Gasteiger partial charge in [0.05, 0.1) is 35.8 Å². The van der Waals surface area contributed by atoms with Crippen LogP contribution in [0.3, 0.4) is 0 Å². The lowest BCUT2D eigenvalue weighted by Crippen LogP contribution is -2.37. The molecule has 1 saturated carbocycles. The second kappa shape index (κ2) is 4.10. The Hall–Kier alpha value is -1.88. The number of carbonyl (C=O) groups is 2. The molecule has 3 aliphatic rings. The summed E-state index contributed by atoms with van der Waals surface area (Å²) in [5.74, 6) is -0.00170. The van der Waals surface area contributed by atoms with Crippen LogP contribution in [0.4, 0.5) is 5.69 Å². The van der Waals surface area contributed by atoms with Crippen LogP contribution >= 0.6 is 0 Å². The van der Waals surface area contributed by atoms with Gasteiger partial charge in [-0.3, -0.25) is 14.5 Å². The van der Waals surface area contributed by atoms with Gasteiger partial charge in [-0.15, -0.1) is 0 Å². The number of rotatable bonds is 2. The van der Waals surface area contributed by atoms with Crippen LogP contribution in [0.1, 0.15) is 26.7 Å². The lowest BCUT2D eigenvalue weighted by atomic mass is 9.70. The predicted molar refractivity (Wildman–Crippen MR) is 79.6 cm³/mol. The van der Waals surface area contributed by atoms with E-state index in [1.54, 1.807) is 31.4 Å². The molecule has 0 unspecified atom stereocenters. The van der Waals surface area contributed by atoms with Crippen molar-refractivity contribution in [3.05, 3.63) is 24.3 Å². The first-order chi connectivity index (χ1) is 10.4. The molecule has 0 radical (unpaired) electrons. The molecule has 0 aromatic heterocycles. The van der Waals surface area contributed by atoms with Gasteiger partial charge in [0, 0.05) is 0 Å². The van der Waals surface area contributed by atoms with Crippen LogP contribution in [-0.2, 0) is 14.3 Å². The Balaban J connectivity index is 1.65. The Kier molecular flexibility index (Phi) is 2.57. The number of hydrogen-bond acceptors (Lipinski definition) is 4. The molecule has 116 valence electrons. The Morgan fingerprint density at radius 1 is 1.05 bits per heavy atom. The van der Waals surface area contributed by atoms with E-state index in [2.05, 4.69) is 0 Å². The molecule has 2 heterocycles. The van der Waals surface area contributed by atoms with Crippen LogP contribution in [0.2, 0.25) is 0 Å². The fourth-order valence-corrected chi connectivity index (χ4v) is 4.06. The lowest BCUT2D eigenvalue weighted by molar-refractivity contribution is -0.122. The molecule has 2 saturated heterocycles. The van der Waals surface area contributed by atoms with Crippen molar-refractivity contribution in [3.8, 4) is 5.75 Å². The quantitative estimate of drug-likeness (QED) is 0.620. The summed E-state index contributed by atoms with van der Waals surface area (Å²) >= 11 is 0. The number of amides is 2. The number of imide groups is 1. The molecule has 5 nitrogen and oxygen atoms in total. The molecule has 0 N–H and O–H groups in total. The predicted octanol–water partition coefficient (Wildman–Crippen LogP) is 2.14. The maximum atomic E-state index is 12.7. The largest absolute Gasteiger partial charge is 0.497 e. The van der Waals surface area contributed by atoms with Gasteiger partial charge in [-0.1, -0.05) is 0 Å². The number of hydrogen-bond donors (Lipinski definition) is 0. The molecule has 3 fully saturated rings. The highest BCUT2D eigenvalue weighted by molar-refractivity contribution is 6.22. The first kappa shape index (κ1) is 13.8. The third-order valence-corrected chi connectivity index (χ3v) is 5.64. The molecule has 2 amide bonds. The van der Waals surface area contributed by atoms with Gasteiger partial charge in [-0.05, 0) is 51.0 Å². The highest BCUT2D eigenvalue weighted by atomic mass is 16.6. The van der Waals surface area contributed by atoms with Crippen LogP contribution in [-0.4, -0.2) is 30.1 Å². The van der Waals surface area contributed by atoms with Gasteiger partial charge in [0.15, 0.2) is 0 Å². The monoisotopic (exact) mass is 301 g/mol. The van der Waals surface area contributed by atoms with E-state index in [-0.39, 0.29) is 34.9 Å². The molecule has 5 heteroatoms. The van der Waals surface area contributed by atoms with Crippen LogP contribution < -0.4 is 9.64 Å². The fourth-order valence-electron chi connectivity index (χ4n) is 4.06. The van der Waals surface area contributed by atoms with Gasteiger partial charge in [0.25, 0.3) is 0 Å². The molecule has 4 atom stereocenters. The third-order valence-electron chi connectivity index (χ3n) is 5.64. The zero-order chi connectivity index (χ0) is 15.7. The number of methoxy groups -OCH3 is 1. The number of epoxide rings is 1. The highest BCUT2D eigenvalue weighted by Crippen LogP contribution is 2.61. The molecule has 2 aliphatic heterocycles. The number of benzene rings is 1. The van der Waals surface area contributed by atoms with Gasteiger partial charge < -0.3 is 9.47 Å². The van der Waals surface area contributed by atoms with Crippen molar-refractivity contribution in [1.82, 2.24) is 0 Å². The lowest BCUT2D eigenvalue weighted by Gasteiger charge is -2.26. The van der Waals surface area contributed by atoms with E-state index in [1.807, 2.05) is 13.8 Å². The van der Waals surface area contributed by atoms with Crippen molar-refractivity contribution in [2.24, 2.45) is 11.8 Å². The SMILES string of the molecule is COc1ccc(N2C(=O)[C@H]3C[C@@]4(C)O[C@@]4(C)C[C@H]3C2=O)cc1. The standard InChI is InChI=1S/C17H19NO4/c1-16-8-12-13(9-17(16,2)22-16)15(20)18(14(12)19)10-4-6-11(21-3)7-5-10/h4-7,12-13H,8-9H2,1-3H3/t12-,13+,16+,17-. The van der Waals surface area contributed by atoms with Crippen molar-refractivity contribution in [2.75, 3.05) is 12.0 Å². The van der Waals surface area contributed by atoms with E-state index in [0.29, 0.717) is 24.3 Å². The van der Waals surface area contributed by atoms with E-state index in [9.17, 15) is 9.59 Å². The molecule has 0 bridgehead atoms. The minimum Gasteiger partial charge on any atom is -0.497 e. The van der Waals surface area contributed by atoms with Crippen LogP contribution in [0, 0.1) is 11.8 Å². The third kappa shape index (κ3) is 1.63. The summed E-state index contributed by atoms with van der Waals surface area (Å²) in [5.41, 5.74) is 0.121. The van der Waals surface area contributed by atoms with Crippen molar-refractivity contribution < 1.29 is 19.1 Å². The van der Waals surface area contributed by atoms with Gasteiger partial charge in [0.1, 0.15) is 5.75 Å². The molecule has 22 heavy (non-hydrogen) atoms. The maximum Gasteiger partial charge on any atom is 0.237 e. The number of anilines is 1. The van der Waals surface area contributed by atoms with Gasteiger partial charge >= 0.3 is 0 Å². The second-order valence-electron chi connectivity index (χ2n) is 6.89. The van der Waals surface area contributed by atoms with Gasteiger partial charge in [-0.25, -0.2) is 0 Å². The van der Waals surface area contributed by atoms with Crippen LogP contribution in [0.25, 0.3) is 0 Å². The summed E-state index contributed by atoms with van der Waals surface area (Å²) in [5, 5.41) is 0. The molecular formula is C17H19NO4. The summed E-state index contributed by atoms with van der Waals surface area (Å²) in [6.45, 7) is 4.08.